The molecule has 0 heterocycles. The van der Waals surface area contributed by atoms with Crippen molar-refractivity contribution in [2.24, 2.45) is 4.99 Å². The van der Waals surface area contributed by atoms with Gasteiger partial charge in [-0.2, -0.15) is 0 Å². The van der Waals surface area contributed by atoms with Crippen molar-refractivity contribution in [2.45, 2.75) is 19.9 Å². The third kappa shape index (κ3) is 7.47. The van der Waals surface area contributed by atoms with Crippen molar-refractivity contribution < 1.29 is 14.6 Å². The van der Waals surface area contributed by atoms with Crippen molar-refractivity contribution in [3.63, 3.8) is 0 Å². The van der Waals surface area contributed by atoms with Gasteiger partial charge in [-0.05, 0) is 43.2 Å². The summed E-state index contributed by atoms with van der Waals surface area (Å²) < 4.78 is 10.4. The lowest BCUT2D eigenvalue weighted by Gasteiger charge is -2.23. The van der Waals surface area contributed by atoms with Crippen LogP contribution in [0.1, 0.15) is 18.9 Å². The smallest absolute Gasteiger partial charge is 0.200 e. The lowest BCUT2D eigenvalue weighted by atomic mass is 10.2. The summed E-state index contributed by atoms with van der Waals surface area (Å²) in [5.41, 5.74) is 2.16. The van der Waals surface area contributed by atoms with Crippen LogP contribution in [0.4, 0.5) is 5.69 Å². The van der Waals surface area contributed by atoms with E-state index in [0.29, 0.717) is 18.0 Å². The average Bonchev–Trinajstić information content (AvgIpc) is 2.77. The quantitative estimate of drug-likeness (QED) is 0.189. The summed E-state index contributed by atoms with van der Waals surface area (Å²) in [5.74, 6) is 1.48. The Morgan fingerprint density at radius 2 is 1.70 bits per heavy atom. The molecular weight excluding hydrogens is 495 g/mol. The number of para-hydroxylation sites is 1. The lowest BCUT2D eigenvalue weighted by molar-refractivity contribution is 0.339. The summed E-state index contributed by atoms with van der Waals surface area (Å²) in [6.07, 6.45) is 0.990. The first-order chi connectivity index (χ1) is 14.1. The van der Waals surface area contributed by atoms with E-state index in [0.717, 1.165) is 37.6 Å². The van der Waals surface area contributed by atoms with E-state index in [1.807, 2.05) is 6.07 Å². The molecule has 0 radical (unpaired) electrons. The van der Waals surface area contributed by atoms with E-state index in [9.17, 15) is 5.11 Å². The van der Waals surface area contributed by atoms with Crippen LogP contribution in [-0.2, 0) is 6.54 Å². The van der Waals surface area contributed by atoms with Crippen LogP contribution in [0.3, 0.4) is 0 Å². The maximum atomic E-state index is 10.0. The second-order valence-electron chi connectivity index (χ2n) is 6.47. The summed E-state index contributed by atoms with van der Waals surface area (Å²) in [6.45, 7) is 5.45. The predicted octanol–water partition coefficient (Wildman–Crippen LogP) is 3.61. The monoisotopic (exact) mass is 528 g/mol. The second-order valence-corrected chi connectivity index (χ2v) is 6.47. The summed E-state index contributed by atoms with van der Waals surface area (Å²) in [6, 6.07) is 14.0. The van der Waals surface area contributed by atoms with Crippen LogP contribution in [0.25, 0.3) is 0 Å². The normalized spacial score (nSPS) is 10.7. The zero-order valence-electron chi connectivity index (χ0n) is 18.1. The highest BCUT2D eigenvalue weighted by molar-refractivity contribution is 14.0. The van der Waals surface area contributed by atoms with Gasteiger partial charge in [0.1, 0.15) is 0 Å². The minimum absolute atomic E-state index is 0. The Hall–Kier alpha value is -2.36. The molecular formula is C22H33IN4O3. The number of aliphatic imine (C=N–C) groups is 1. The second kappa shape index (κ2) is 13.8. The van der Waals surface area contributed by atoms with Gasteiger partial charge in [-0.25, -0.2) is 0 Å². The molecule has 0 fully saturated rings. The Labute approximate surface area is 196 Å². The number of ether oxygens (including phenoxy) is 2. The van der Waals surface area contributed by atoms with Gasteiger partial charge in [0.15, 0.2) is 17.5 Å². The van der Waals surface area contributed by atoms with Crippen LogP contribution in [-0.4, -0.2) is 52.0 Å². The fraction of sp³-hybridized carbons (Fsp3) is 0.409. The third-order valence-corrected chi connectivity index (χ3v) is 4.62. The molecule has 0 aliphatic carbocycles. The average molecular weight is 528 g/mol. The first-order valence-corrected chi connectivity index (χ1v) is 9.81. The third-order valence-electron chi connectivity index (χ3n) is 4.62. The lowest BCUT2D eigenvalue weighted by Crippen LogP contribution is -2.38. The van der Waals surface area contributed by atoms with Crippen molar-refractivity contribution in [3.8, 4) is 17.2 Å². The Morgan fingerprint density at radius 3 is 2.23 bits per heavy atom. The van der Waals surface area contributed by atoms with Gasteiger partial charge < -0.3 is 30.1 Å². The summed E-state index contributed by atoms with van der Waals surface area (Å²) in [7, 11) is 4.78. The van der Waals surface area contributed by atoms with Gasteiger partial charge in [0.25, 0.3) is 0 Å². The maximum Gasteiger partial charge on any atom is 0.200 e. The summed E-state index contributed by atoms with van der Waals surface area (Å²) >= 11 is 0. The van der Waals surface area contributed by atoms with Gasteiger partial charge in [0.2, 0.25) is 5.75 Å². The predicted molar refractivity (Wildman–Crippen MR) is 134 cm³/mol. The van der Waals surface area contributed by atoms with Crippen LogP contribution in [0, 0.1) is 0 Å². The van der Waals surface area contributed by atoms with Gasteiger partial charge in [-0.1, -0.05) is 18.2 Å². The Bertz CT molecular complexity index is 762. The summed E-state index contributed by atoms with van der Waals surface area (Å²) in [4.78, 5) is 6.62. The molecule has 2 rings (SSSR count). The molecule has 7 nitrogen and oxygen atoms in total. The number of rotatable bonds is 10. The van der Waals surface area contributed by atoms with E-state index in [-0.39, 0.29) is 29.7 Å². The standard InChI is InChI=1S/C22H32N4O3.HI/c1-5-26(18-10-7-6-8-11-18)13-9-12-24-22(23-2)25-16-17-14-19(28-3)21(27)20(15-17)29-4;/h6-8,10-11,14-15,27H,5,9,12-13,16H2,1-4H3,(H2,23,24,25);1H. The van der Waals surface area contributed by atoms with Crippen LogP contribution < -0.4 is 25.0 Å². The number of aromatic hydroxyl groups is 1. The molecule has 2 aromatic rings. The van der Waals surface area contributed by atoms with Crippen molar-refractivity contribution in [2.75, 3.05) is 45.8 Å². The number of nitrogens with one attached hydrogen (secondary N) is 2. The maximum absolute atomic E-state index is 10.0. The minimum atomic E-state index is 0. The van der Waals surface area contributed by atoms with E-state index < -0.39 is 0 Å². The number of hydrogen-bond donors (Lipinski definition) is 3. The van der Waals surface area contributed by atoms with Gasteiger partial charge in [0, 0.05) is 38.9 Å². The fourth-order valence-electron chi connectivity index (χ4n) is 3.04. The van der Waals surface area contributed by atoms with E-state index in [4.69, 9.17) is 9.47 Å². The van der Waals surface area contributed by atoms with E-state index in [2.05, 4.69) is 51.7 Å². The Balaban J connectivity index is 0.00000450. The van der Waals surface area contributed by atoms with Crippen LogP contribution in [0.2, 0.25) is 0 Å². The molecule has 0 aliphatic heterocycles. The molecule has 0 aliphatic rings. The van der Waals surface area contributed by atoms with Crippen molar-refractivity contribution in [3.05, 3.63) is 48.0 Å². The van der Waals surface area contributed by atoms with E-state index in [1.165, 1.54) is 19.9 Å². The number of methoxy groups -OCH3 is 2. The first kappa shape index (κ1) is 25.7. The van der Waals surface area contributed by atoms with Gasteiger partial charge in [-0.3, -0.25) is 4.99 Å². The number of phenols is 1. The fourth-order valence-corrected chi connectivity index (χ4v) is 3.04. The molecule has 0 amide bonds. The first-order valence-electron chi connectivity index (χ1n) is 9.81. The van der Waals surface area contributed by atoms with Crippen LogP contribution in [0.15, 0.2) is 47.5 Å². The molecule has 30 heavy (non-hydrogen) atoms. The van der Waals surface area contributed by atoms with Crippen molar-refractivity contribution in [1.82, 2.24) is 10.6 Å². The SMILES string of the molecule is CCN(CCCNC(=NC)NCc1cc(OC)c(O)c(OC)c1)c1ccccc1.I. The van der Waals surface area contributed by atoms with E-state index >= 15 is 0 Å². The van der Waals surface area contributed by atoms with E-state index in [1.54, 1.807) is 19.2 Å². The molecule has 166 valence electrons. The number of anilines is 1. The zero-order valence-corrected chi connectivity index (χ0v) is 20.5. The molecule has 0 saturated carbocycles. The Kier molecular flexibility index (Phi) is 11.8. The molecule has 3 N–H and O–H groups in total. The largest absolute Gasteiger partial charge is 0.502 e. The number of guanidine groups is 1. The number of phenolic OH excluding ortho intramolecular Hbond substituents is 1. The molecule has 0 unspecified atom stereocenters. The van der Waals surface area contributed by atoms with Gasteiger partial charge >= 0.3 is 0 Å². The number of nitrogens with zero attached hydrogens (tertiary/aromatic N) is 2. The number of halogens is 1. The Morgan fingerprint density at radius 1 is 1.07 bits per heavy atom. The topological polar surface area (TPSA) is 78.4 Å². The van der Waals surface area contributed by atoms with Gasteiger partial charge in [-0.15, -0.1) is 24.0 Å². The van der Waals surface area contributed by atoms with Crippen LogP contribution in [0.5, 0.6) is 17.2 Å². The molecule has 0 spiro atoms. The molecule has 0 saturated heterocycles. The highest BCUT2D eigenvalue weighted by Crippen LogP contribution is 2.36. The van der Waals surface area contributed by atoms with Gasteiger partial charge in [0.05, 0.1) is 14.2 Å². The zero-order chi connectivity index (χ0) is 21.1. The highest BCUT2D eigenvalue weighted by Gasteiger charge is 2.11. The molecule has 0 bridgehead atoms. The highest BCUT2D eigenvalue weighted by atomic mass is 127. The minimum Gasteiger partial charge on any atom is -0.502 e. The van der Waals surface area contributed by atoms with Crippen LogP contribution >= 0.6 is 24.0 Å². The van der Waals surface area contributed by atoms with Crippen molar-refractivity contribution in [1.29, 1.82) is 0 Å². The molecule has 0 aromatic heterocycles. The summed E-state index contributed by atoms with van der Waals surface area (Å²) in [5, 5.41) is 16.6. The number of hydrogen-bond acceptors (Lipinski definition) is 5. The number of benzene rings is 2. The molecule has 8 heteroatoms. The molecule has 0 atom stereocenters. The molecule has 2 aromatic carbocycles. The van der Waals surface area contributed by atoms with Crippen molar-refractivity contribution >= 4 is 35.6 Å².